The minimum absolute atomic E-state index is 0.148. The normalized spacial score (nSPS) is 56.0. The summed E-state index contributed by atoms with van der Waals surface area (Å²) in [5.74, 6) is 2.39. The summed E-state index contributed by atoms with van der Waals surface area (Å²) in [6.07, 6.45) is 5.77. The Labute approximate surface area is 139 Å². The molecule has 0 bridgehead atoms. The zero-order chi connectivity index (χ0) is 16.6. The van der Waals surface area contributed by atoms with Crippen LogP contribution in [0.4, 0.5) is 0 Å². The molecule has 0 spiro atoms. The average Bonchev–Trinajstić information content (AvgIpc) is 2.73. The molecule has 0 aromatic heterocycles. The number of carbonyl (C=O) groups excluding carboxylic acids is 2. The summed E-state index contributed by atoms with van der Waals surface area (Å²) in [5, 5.41) is 11.0. The van der Waals surface area contributed by atoms with Gasteiger partial charge in [-0.25, -0.2) is 0 Å². The lowest BCUT2D eigenvalue weighted by Gasteiger charge is -2.60. The van der Waals surface area contributed by atoms with Crippen molar-refractivity contribution in [2.45, 2.75) is 71.8 Å². The molecule has 1 unspecified atom stereocenters. The Balaban J connectivity index is 1.70. The predicted molar refractivity (Wildman–Crippen MR) is 87.7 cm³/mol. The van der Waals surface area contributed by atoms with Gasteiger partial charge in [-0.15, -0.1) is 0 Å². The summed E-state index contributed by atoms with van der Waals surface area (Å²) < 4.78 is 0. The van der Waals surface area contributed by atoms with E-state index in [9.17, 15) is 14.7 Å². The molecule has 128 valence electrons. The van der Waals surface area contributed by atoms with Gasteiger partial charge in [0.05, 0.1) is 6.10 Å². The largest absolute Gasteiger partial charge is 0.393 e. The molecule has 0 aromatic carbocycles. The minimum Gasteiger partial charge on any atom is -0.393 e. The van der Waals surface area contributed by atoms with Gasteiger partial charge >= 0.3 is 0 Å². The molecule has 4 fully saturated rings. The van der Waals surface area contributed by atoms with Crippen molar-refractivity contribution in [3.63, 3.8) is 0 Å². The van der Waals surface area contributed by atoms with Crippen molar-refractivity contribution in [1.82, 2.24) is 0 Å². The molecule has 0 heterocycles. The molecule has 0 aromatic rings. The lowest BCUT2D eigenvalue weighted by atomic mass is 9.44. The predicted octanol–water partition coefficient (Wildman–Crippen LogP) is 3.38. The Morgan fingerprint density at radius 3 is 2.57 bits per heavy atom. The zero-order valence-electron chi connectivity index (χ0n) is 14.7. The van der Waals surface area contributed by atoms with Crippen molar-refractivity contribution in [3.05, 3.63) is 0 Å². The van der Waals surface area contributed by atoms with Gasteiger partial charge in [0.2, 0.25) is 0 Å². The molecule has 4 rings (SSSR count). The van der Waals surface area contributed by atoms with E-state index in [1.165, 1.54) is 0 Å². The number of hydrogen-bond acceptors (Lipinski definition) is 3. The van der Waals surface area contributed by atoms with Crippen LogP contribution >= 0.6 is 0 Å². The summed E-state index contributed by atoms with van der Waals surface area (Å²) in [4.78, 5) is 24.6. The van der Waals surface area contributed by atoms with Crippen LogP contribution in [0.2, 0.25) is 0 Å². The molecule has 3 heteroatoms. The van der Waals surface area contributed by atoms with Crippen LogP contribution in [0.15, 0.2) is 0 Å². The molecule has 4 saturated carbocycles. The van der Waals surface area contributed by atoms with E-state index < -0.39 is 0 Å². The molecule has 0 saturated heterocycles. The number of ketones is 2. The lowest BCUT2D eigenvalue weighted by Crippen LogP contribution is -2.58. The Bertz CT molecular complexity index is 555. The highest BCUT2D eigenvalue weighted by atomic mass is 16.3. The topological polar surface area (TPSA) is 54.4 Å². The fourth-order valence-corrected chi connectivity index (χ4v) is 7.13. The summed E-state index contributed by atoms with van der Waals surface area (Å²) >= 11 is 0. The quantitative estimate of drug-likeness (QED) is 0.745. The fraction of sp³-hybridized carbons (Fsp3) is 0.900. The Kier molecular flexibility index (Phi) is 3.37. The molecule has 0 radical (unpaired) electrons. The maximum atomic E-state index is 12.7. The molecule has 3 nitrogen and oxygen atoms in total. The fourth-order valence-electron chi connectivity index (χ4n) is 7.13. The van der Waals surface area contributed by atoms with Crippen LogP contribution in [-0.4, -0.2) is 22.8 Å². The monoisotopic (exact) mass is 318 g/mol. The third-order valence-corrected chi connectivity index (χ3v) is 8.51. The summed E-state index contributed by atoms with van der Waals surface area (Å²) in [7, 11) is 0. The molecule has 4 aliphatic rings. The smallest absolute Gasteiger partial charge is 0.141 e. The number of fused-ring (bicyclic) bond motifs is 5. The number of aliphatic hydroxyl groups is 1. The first kappa shape index (κ1) is 15.8. The molecule has 8 atom stereocenters. The first-order valence-electron chi connectivity index (χ1n) is 9.51. The van der Waals surface area contributed by atoms with E-state index in [1.807, 2.05) is 0 Å². The van der Waals surface area contributed by atoms with Gasteiger partial charge in [-0.05, 0) is 61.2 Å². The van der Waals surface area contributed by atoms with Gasteiger partial charge in [0.1, 0.15) is 11.6 Å². The number of rotatable bonds is 0. The Hall–Kier alpha value is -0.700. The summed E-state index contributed by atoms with van der Waals surface area (Å²) in [5.41, 5.74) is -0.0245. The molecule has 0 amide bonds. The van der Waals surface area contributed by atoms with Crippen molar-refractivity contribution >= 4 is 11.6 Å². The number of carbonyl (C=O) groups is 2. The van der Waals surface area contributed by atoms with Gasteiger partial charge in [0.25, 0.3) is 0 Å². The van der Waals surface area contributed by atoms with Gasteiger partial charge < -0.3 is 5.11 Å². The van der Waals surface area contributed by atoms with Crippen molar-refractivity contribution in [2.75, 3.05) is 0 Å². The van der Waals surface area contributed by atoms with E-state index in [1.54, 1.807) is 0 Å². The maximum absolute atomic E-state index is 12.7. The van der Waals surface area contributed by atoms with Gasteiger partial charge in [-0.3, -0.25) is 9.59 Å². The number of Topliss-reactive ketones (excluding diaryl/α,β-unsaturated/α-hetero) is 2. The van der Waals surface area contributed by atoms with E-state index >= 15 is 0 Å². The molecule has 0 aliphatic heterocycles. The highest BCUT2D eigenvalue weighted by Crippen LogP contribution is 2.65. The number of aliphatic hydroxyl groups excluding tert-OH is 1. The van der Waals surface area contributed by atoms with E-state index in [4.69, 9.17) is 0 Å². The van der Waals surface area contributed by atoms with Gasteiger partial charge in [0.15, 0.2) is 0 Å². The minimum atomic E-state index is -0.327. The average molecular weight is 318 g/mol. The second-order valence-electron chi connectivity index (χ2n) is 9.50. The van der Waals surface area contributed by atoms with Crippen LogP contribution in [0, 0.1) is 40.4 Å². The molecular formula is C20H30O3. The van der Waals surface area contributed by atoms with Crippen LogP contribution in [0.25, 0.3) is 0 Å². The van der Waals surface area contributed by atoms with Crippen LogP contribution in [0.5, 0.6) is 0 Å². The molecular weight excluding hydrogens is 288 g/mol. The third-order valence-electron chi connectivity index (χ3n) is 8.51. The van der Waals surface area contributed by atoms with Crippen molar-refractivity contribution in [2.24, 2.45) is 40.4 Å². The van der Waals surface area contributed by atoms with Crippen LogP contribution in [0.1, 0.15) is 65.7 Å². The van der Waals surface area contributed by atoms with Crippen LogP contribution in [-0.2, 0) is 9.59 Å². The molecule has 1 N–H and O–H groups in total. The van der Waals surface area contributed by atoms with Crippen LogP contribution < -0.4 is 0 Å². The first-order chi connectivity index (χ1) is 10.8. The third kappa shape index (κ3) is 1.98. The summed E-state index contributed by atoms with van der Waals surface area (Å²) in [6, 6.07) is 0. The molecule has 4 aliphatic carbocycles. The Morgan fingerprint density at radius 1 is 1.09 bits per heavy atom. The van der Waals surface area contributed by atoms with E-state index in [0.717, 1.165) is 32.1 Å². The number of hydrogen-bond donors (Lipinski definition) is 1. The zero-order valence-corrected chi connectivity index (χ0v) is 14.7. The van der Waals surface area contributed by atoms with Crippen molar-refractivity contribution in [1.29, 1.82) is 0 Å². The highest BCUT2D eigenvalue weighted by Gasteiger charge is 2.63. The van der Waals surface area contributed by atoms with E-state index in [0.29, 0.717) is 42.2 Å². The molecule has 23 heavy (non-hydrogen) atoms. The highest BCUT2D eigenvalue weighted by molar-refractivity contribution is 5.89. The summed E-state index contributed by atoms with van der Waals surface area (Å²) in [6.45, 7) is 6.60. The SMILES string of the molecule is CC1C[C@H]2[C@@H]3[C@H](O)C[C@@H]4CC(=O)CC[C@]4(C)[C@H]3CC[C@]2(C)C1=O. The maximum Gasteiger partial charge on any atom is 0.141 e. The second kappa shape index (κ2) is 4.91. The standard InChI is InChI=1S/C20H30O3/c1-11-8-15-17-14(5-7-20(15,3)18(11)23)19(2)6-4-13(21)9-12(19)10-16(17)22/h11-12,14-17,22H,4-10H2,1-3H3/t11?,12-,14-,15-,16+,17+,19-,20-/m0/s1. The van der Waals surface area contributed by atoms with Crippen molar-refractivity contribution in [3.8, 4) is 0 Å². The van der Waals surface area contributed by atoms with Crippen molar-refractivity contribution < 1.29 is 14.7 Å². The lowest BCUT2D eigenvalue weighted by molar-refractivity contribution is -0.166. The second-order valence-corrected chi connectivity index (χ2v) is 9.50. The van der Waals surface area contributed by atoms with E-state index in [2.05, 4.69) is 20.8 Å². The van der Waals surface area contributed by atoms with Gasteiger partial charge in [-0.2, -0.15) is 0 Å². The first-order valence-corrected chi connectivity index (χ1v) is 9.51. The van der Waals surface area contributed by atoms with Gasteiger partial charge in [-0.1, -0.05) is 20.8 Å². The van der Waals surface area contributed by atoms with E-state index in [-0.39, 0.29) is 28.8 Å². The Morgan fingerprint density at radius 2 is 1.83 bits per heavy atom. The van der Waals surface area contributed by atoms with Gasteiger partial charge in [0, 0.05) is 24.2 Å². The van der Waals surface area contributed by atoms with Crippen LogP contribution in [0.3, 0.4) is 0 Å².